The topological polar surface area (TPSA) is 81.9 Å². The molecule has 0 aliphatic carbocycles. The first-order chi connectivity index (χ1) is 17.4. The Bertz CT molecular complexity index is 1530. The molecule has 7 nitrogen and oxygen atoms in total. The largest absolute Gasteiger partial charge is 0.493 e. The van der Waals surface area contributed by atoms with E-state index in [4.69, 9.17) is 13.9 Å². The molecule has 1 aliphatic heterocycles. The fraction of sp³-hybridized carbons (Fsp3) is 0.250. The first-order valence-electron chi connectivity index (χ1n) is 11.8. The molecule has 36 heavy (non-hydrogen) atoms. The number of carbonyl (C=O) groups excluding carboxylic acids is 1. The van der Waals surface area contributed by atoms with Crippen molar-refractivity contribution in [1.82, 2.24) is 4.98 Å². The zero-order chi connectivity index (χ0) is 25.4. The summed E-state index contributed by atoms with van der Waals surface area (Å²) in [6.07, 6.45) is 1.89. The van der Waals surface area contributed by atoms with Crippen molar-refractivity contribution >= 4 is 22.7 Å². The Morgan fingerprint density at radius 3 is 2.67 bits per heavy atom. The van der Waals surface area contributed by atoms with E-state index in [9.17, 15) is 14.0 Å². The van der Waals surface area contributed by atoms with Gasteiger partial charge in [0.25, 0.3) is 5.91 Å². The molecule has 0 bridgehead atoms. The standard InChI is InChI=1S/C28H25FN2O5/c1-4-5-13-35-21-11-9-17(14-22(21)34-3)25-24-26(32)19-15-18(29)10-12-20(19)36-27(24)28(33)31(25)23-8-6-7-16(2)30-23/h6-12,14-15,25H,4-5,13H2,1-3H3. The number of rotatable bonds is 7. The number of unbranched alkanes of at least 4 members (excludes halogenated alkanes) is 1. The average molecular weight is 489 g/mol. The number of amides is 1. The molecule has 4 aromatic rings. The van der Waals surface area contributed by atoms with Gasteiger partial charge in [0.1, 0.15) is 17.2 Å². The summed E-state index contributed by atoms with van der Waals surface area (Å²) in [6.45, 7) is 4.43. The molecule has 1 unspecified atom stereocenters. The molecule has 1 aliphatic rings. The van der Waals surface area contributed by atoms with Gasteiger partial charge < -0.3 is 13.9 Å². The Morgan fingerprint density at radius 1 is 1.08 bits per heavy atom. The highest BCUT2D eigenvalue weighted by Crippen LogP contribution is 2.42. The van der Waals surface area contributed by atoms with Gasteiger partial charge in [-0.25, -0.2) is 9.37 Å². The van der Waals surface area contributed by atoms with E-state index in [1.165, 1.54) is 24.1 Å². The van der Waals surface area contributed by atoms with Gasteiger partial charge >= 0.3 is 0 Å². The molecular formula is C28H25FN2O5. The predicted octanol–water partition coefficient (Wildman–Crippen LogP) is 5.57. The van der Waals surface area contributed by atoms with E-state index in [0.29, 0.717) is 35.2 Å². The SMILES string of the molecule is CCCCOc1ccc(C2c3c(oc4ccc(F)cc4c3=O)C(=O)N2c2cccc(C)n2)cc1OC. The summed E-state index contributed by atoms with van der Waals surface area (Å²) >= 11 is 0. The molecule has 0 radical (unpaired) electrons. The molecule has 1 amide bonds. The van der Waals surface area contributed by atoms with Crippen molar-refractivity contribution in [3.05, 3.63) is 93.2 Å². The minimum absolute atomic E-state index is 0.0667. The molecule has 0 saturated heterocycles. The first-order valence-corrected chi connectivity index (χ1v) is 11.8. The van der Waals surface area contributed by atoms with Crippen molar-refractivity contribution in [2.75, 3.05) is 18.6 Å². The van der Waals surface area contributed by atoms with Crippen molar-refractivity contribution in [2.24, 2.45) is 0 Å². The maximum absolute atomic E-state index is 14.0. The van der Waals surface area contributed by atoms with Crippen LogP contribution in [0.3, 0.4) is 0 Å². The molecule has 0 fully saturated rings. The van der Waals surface area contributed by atoms with E-state index >= 15 is 0 Å². The number of hydrogen-bond donors (Lipinski definition) is 0. The van der Waals surface area contributed by atoms with Crippen LogP contribution >= 0.6 is 0 Å². The summed E-state index contributed by atoms with van der Waals surface area (Å²) in [5.74, 6) is 0.245. The fourth-order valence-corrected chi connectivity index (χ4v) is 4.46. The molecule has 0 spiro atoms. The molecule has 5 rings (SSSR count). The van der Waals surface area contributed by atoms with Gasteiger partial charge in [0.2, 0.25) is 5.76 Å². The number of anilines is 1. The molecular weight excluding hydrogens is 463 g/mol. The molecule has 184 valence electrons. The minimum Gasteiger partial charge on any atom is -0.493 e. The van der Waals surface area contributed by atoms with Crippen LogP contribution in [0, 0.1) is 12.7 Å². The zero-order valence-corrected chi connectivity index (χ0v) is 20.2. The van der Waals surface area contributed by atoms with Crippen molar-refractivity contribution in [1.29, 1.82) is 0 Å². The van der Waals surface area contributed by atoms with E-state index in [1.807, 2.05) is 13.0 Å². The molecule has 2 aromatic heterocycles. The van der Waals surface area contributed by atoms with Gasteiger partial charge in [0.05, 0.1) is 30.7 Å². The van der Waals surface area contributed by atoms with E-state index in [2.05, 4.69) is 11.9 Å². The van der Waals surface area contributed by atoms with Crippen molar-refractivity contribution < 1.29 is 23.1 Å². The summed E-state index contributed by atoms with van der Waals surface area (Å²) in [4.78, 5) is 33.3. The number of methoxy groups -OCH3 is 1. The number of fused-ring (bicyclic) bond motifs is 2. The van der Waals surface area contributed by atoms with E-state index in [0.717, 1.165) is 18.9 Å². The predicted molar refractivity (Wildman–Crippen MR) is 133 cm³/mol. The summed E-state index contributed by atoms with van der Waals surface area (Å²) in [7, 11) is 1.53. The molecule has 0 N–H and O–H groups in total. The van der Waals surface area contributed by atoms with E-state index in [-0.39, 0.29) is 22.3 Å². The Kier molecular flexibility index (Phi) is 6.18. The Labute approximate surface area is 207 Å². The van der Waals surface area contributed by atoms with Crippen molar-refractivity contribution in [3.8, 4) is 11.5 Å². The molecule has 0 saturated carbocycles. The van der Waals surface area contributed by atoms with Crippen molar-refractivity contribution in [3.63, 3.8) is 0 Å². The number of ether oxygens (including phenoxy) is 2. The second kappa shape index (κ2) is 9.45. The monoisotopic (exact) mass is 488 g/mol. The Hall–Kier alpha value is -4.20. The van der Waals surface area contributed by atoms with Crippen LogP contribution in [-0.4, -0.2) is 24.6 Å². The van der Waals surface area contributed by atoms with Gasteiger partial charge in [-0.15, -0.1) is 0 Å². The van der Waals surface area contributed by atoms with Gasteiger partial charge in [-0.3, -0.25) is 14.5 Å². The third kappa shape index (κ3) is 3.98. The summed E-state index contributed by atoms with van der Waals surface area (Å²) < 4.78 is 31.3. The quantitative estimate of drug-likeness (QED) is 0.316. The number of carbonyl (C=O) groups is 1. The number of hydrogen-bond acceptors (Lipinski definition) is 6. The molecule has 3 heterocycles. The normalized spacial score (nSPS) is 14.8. The van der Waals surface area contributed by atoms with Crippen LogP contribution in [0.4, 0.5) is 10.2 Å². The number of pyridine rings is 1. The lowest BCUT2D eigenvalue weighted by Crippen LogP contribution is -2.30. The maximum atomic E-state index is 14.0. The lowest BCUT2D eigenvalue weighted by atomic mass is 9.98. The van der Waals surface area contributed by atoms with Crippen LogP contribution in [0.25, 0.3) is 11.0 Å². The van der Waals surface area contributed by atoms with E-state index in [1.54, 1.807) is 30.3 Å². The maximum Gasteiger partial charge on any atom is 0.296 e. The van der Waals surface area contributed by atoms with Crippen LogP contribution in [0.2, 0.25) is 0 Å². The second-order valence-corrected chi connectivity index (χ2v) is 8.64. The lowest BCUT2D eigenvalue weighted by molar-refractivity contribution is 0.0970. The third-order valence-electron chi connectivity index (χ3n) is 6.21. The van der Waals surface area contributed by atoms with Crippen LogP contribution in [0.5, 0.6) is 11.5 Å². The number of aromatic nitrogens is 1. The van der Waals surface area contributed by atoms with Gasteiger partial charge in [-0.1, -0.05) is 25.5 Å². The summed E-state index contributed by atoms with van der Waals surface area (Å²) in [6, 6.07) is 13.4. The number of halogens is 1. The van der Waals surface area contributed by atoms with E-state index < -0.39 is 23.2 Å². The average Bonchev–Trinajstić information content (AvgIpc) is 3.17. The Morgan fingerprint density at radius 2 is 1.92 bits per heavy atom. The minimum atomic E-state index is -0.857. The van der Waals surface area contributed by atoms with Gasteiger partial charge in [0, 0.05) is 5.69 Å². The lowest BCUT2D eigenvalue weighted by Gasteiger charge is -2.25. The van der Waals surface area contributed by atoms with Crippen LogP contribution < -0.4 is 19.8 Å². The fourth-order valence-electron chi connectivity index (χ4n) is 4.46. The molecule has 2 aromatic carbocycles. The summed E-state index contributed by atoms with van der Waals surface area (Å²) in [5, 5.41) is 0.0667. The highest BCUT2D eigenvalue weighted by Gasteiger charge is 2.44. The highest BCUT2D eigenvalue weighted by molar-refractivity contribution is 6.10. The van der Waals surface area contributed by atoms with Crippen LogP contribution in [0.15, 0.2) is 63.8 Å². The van der Waals surface area contributed by atoms with Crippen molar-refractivity contribution in [2.45, 2.75) is 32.7 Å². The second-order valence-electron chi connectivity index (χ2n) is 8.64. The number of aryl methyl sites for hydroxylation is 1. The Balaban J connectivity index is 1.72. The zero-order valence-electron chi connectivity index (χ0n) is 20.2. The van der Waals surface area contributed by atoms with Crippen LogP contribution in [-0.2, 0) is 0 Å². The number of benzene rings is 2. The molecule has 8 heteroatoms. The van der Waals surface area contributed by atoms with Gasteiger partial charge in [-0.2, -0.15) is 0 Å². The third-order valence-corrected chi connectivity index (χ3v) is 6.21. The number of nitrogens with zero attached hydrogens (tertiary/aromatic N) is 2. The van der Waals surface area contributed by atoms with Gasteiger partial charge in [-0.05, 0) is 61.4 Å². The smallest absolute Gasteiger partial charge is 0.296 e. The van der Waals surface area contributed by atoms with Gasteiger partial charge in [0.15, 0.2) is 16.9 Å². The highest BCUT2D eigenvalue weighted by atomic mass is 19.1. The molecule has 1 atom stereocenters. The first kappa shape index (κ1) is 23.5. The van der Waals surface area contributed by atoms with Crippen LogP contribution in [0.1, 0.15) is 53.2 Å². The summed E-state index contributed by atoms with van der Waals surface area (Å²) in [5.41, 5.74) is 1.11.